The van der Waals surface area contributed by atoms with Crippen molar-refractivity contribution >= 4 is 23.1 Å². The van der Waals surface area contributed by atoms with Gasteiger partial charge in [-0.1, -0.05) is 37.3 Å². The number of para-hydroxylation sites is 2. The van der Waals surface area contributed by atoms with Gasteiger partial charge in [0.15, 0.2) is 17.3 Å². The highest BCUT2D eigenvalue weighted by Gasteiger charge is 2.41. The molecule has 5 rings (SSSR count). The van der Waals surface area contributed by atoms with Gasteiger partial charge in [0.2, 0.25) is 5.91 Å². The third-order valence-corrected chi connectivity index (χ3v) is 7.37. The van der Waals surface area contributed by atoms with Gasteiger partial charge in [0.1, 0.15) is 5.75 Å². The highest BCUT2D eigenvalue weighted by Crippen LogP contribution is 2.48. The molecule has 1 aliphatic carbocycles. The van der Waals surface area contributed by atoms with Crippen LogP contribution in [0, 0.1) is 0 Å². The molecule has 3 aromatic rings. The van der Waals surface area contributed by atoms with Gasteiger partial charge >= 0.3 is 0 Å². The molecular formula is C31H32N2O5. The molecule has 0 aromatic heterocycles. The average Bonchev–Trinajstić information content (AvgIpc) is 3.11. The summed E-state index contributed by atoms with van der Waals surface area (Å²) in [4.78, 5) is 29.4. The molecular weight excluding hydrogens is 480 g/mol. The monoisotopic (exact) mass is 512 g/mol. The second-order valence-electron chi connectivity index (χ2n) is 9.47. The van der Waals surface area contributed by atoms with Gasteiger partial charge in [-0.25, -0.2) is 0 Å². The topological polar surface area (TPSA) is 77.1 Å². The van der Waals surface area contributed by atoms with Crippen molar-refractivity contribution in [2.75, 3.05) is 31.5 Å². The maximum Gasteiger partial charge on any atom is 0.227 e. The first-order valence-corrected chi connectivity index (χ1v) is 12.8. The highest BCUT2D eigenvalue weighted by atomic mass is 16.5. The van der Waals surface area contributed by atoms with Crippen LogP contribution in [0.25, 0.3) is 0 Å². The van der Waals surface area contributed by atoms with E-state index < -0.39 is 6.04 Å². The fourth-order valence-corrected chi connectivity index (χ4v) is 5.49. The maximum absolute atomic E-state index is 14.0. The predicted molar refractivity (Wildman–Crippen MR) is 147 cm³/mol. The molecule has 2 aliphatic rings. The Labute approximate surface area is 223 Å². The number of anilines is 2. The summed E-state index contributed by atoms with van der Waals surface area (Å²) in [5, 5.41) is 3.56. The van der Waals surface area contributed by atoms with Crippen molar-refractivity contribution in [3.05, 3.63) is 89.1 Å². The summed E-state index contributed by atoms with van der Waals surface area (Å²) >= 11 is 0. The molecule has 0 unspecified atom stereocenters. The standard InChI is InChI=1S/C31H32N2O5/c1-5-29(35)33-25-9-7-6-8-23(25)32-24-16-21(19-10-13-22(36-2)14-11-19)17-26(34)30(24)31(33)20-12-15-27(37-3)28(18-20)38-4/h6-15,18,21,31-32H,5,16-17H2,1-4H3/t21-,31+/m0/s1. The molecule has 0 saturated heterocycles. The number of nitrogens with zero attached hydrogens (tertiary/aromatic N) is 1. The van der Waals surface area contributed by atoms with Crippen LogP contribution in [0.15, 0.2) is 78.0 Å². The number of carbonyl (C=O) groups excluding carboxylic acids is 2. The van der Waals surface area contributed by atoms with Crippen LogP contribution in [0.5, 0.6) is 17.2 Å². The van der Waals surface area contributed by atoms with Crippen LogP contribution in [0.3, 0.4) is 0 Å². The van der Waals surface area contributed by atoms with Crippen LogP contribution < -0.4 is 24.4 Å². The van der Waals surface area contributed by atoms with Crippen molar-refractivity contribution < 1.29 is 23.8 Å². The van der Waals surface area contributed by atoms with Gasteiger partial charge < -0.3 is 19.5 Å². The normalized spacial score (nSPS) is 18.6. The van der Waals surface area contributed by atoms with E-state index in [2.05, 4.69) is 5.32 Å². The number of rotatable bonds is 6. The van der Waals surface area contributed by atoms with E-state index in [1.165, 1.54) is 0 Å². The lowest BCUT2D eigenvalue weighted by atomic mass is 9.78. The zero-order chi connectivity index (χ0) is 26.8. The number of Topliss-reactive ketones (excluding diaryl/α,β-unsaturated/α-hetero) is 1. The van der Waals surface area contributed by atoms with Gasteiger partial charge in [0.05, 0.1) is 38.7 Å². The fourth-order valence-electron chi connectivity index (χ4n) is 5.49. The van der Waals surface area contributed by atoms with E-state index in [1.807, 2.05) is 73.7 Å². The Morgan fingerprint density at radius 3 is 2.29 bits per heavy atom. The number of fused-ring (bicyclic) bond motifs is 1. The number of amides is 1. The molecule has 7 nitrogen and oxygen atoms in total. The number of allylic oxidation sites excluding steroid dienone is 1. The van der Waals surface area contributed by atoms with Crippen LogP contribution in [0.4, 0.5) is 11.4 Å². The van der Waals surface area contributed by atoms with Gasteiger partial charge in [0, 0.05) is 24.1 Å². The smallest absolute Gasteiger partial charge is 0.227 e. The van der Waals surface area contributed by atoms with E-state index in [1.54, 1.807) is 26.2 Å². The first-order valence-electron chi connectivity index (χ1n) is 12.8. The Morgan fingerprint density at radius 1 is 0.895 bits per heavy atom. The molecule has 1 N–H and O–H groups in total. The third kappa shape index (κ3) is 4.49. The maximum atomic E-state index is 14.0. The van der Waals surface area contributed by atoms with Gasteiger partial charge in [-0.3, -0.25) is 14.5 Å². The van der Waals surface area contributed by atoms with Crippen molar-refractivity contribution in [1.82, 2.24) is 0 Å². The van der Waals surface area contributed by atoms with E-state index in [9.17, 15) is 9.59 Å². The largest absolute Gasteiger partial charge is 0.497 e. The number of nitrogens with one attached hydrogen (secondary N) is 1. The number of methoxy groups -OCH3 is 3. The Hall–Kier alpha value is -4.26. The third-order valence-electron chi connectivity index (χ3n) is 7.37. The first kappa shape index (κ1) is 25.4. The summed E-state index contributed by atoms with van der Waals surface area (Å²) in [6.07, 6.45) is 1.28. The van der Waals surface area contributed by atoms with Gasteiger partial charge in [-0.15, -0.1) is 0 Å². The number of benzene rings is 3. The SMILES string of the molecule is CCC(=O)N1c2ccccc2NC2=C(C(=O)C[C@@H](c3ccc(OC)cc3)C2)[C@H]1c1ccc(OC)c(OC)c1. The number of ketones is 1. The van der Waals surface area contributed by atoms with Crippen LogP contribution in [-0.4, -0.2) is 33.0 Å². The molecule has 0 fully saturated rings. The highest BCUT2D eigenvalue weighted by molar-refractivity contribution is 6.06. The van der Waals surface area contributed by atoms with Crippen LogP contribution in [0.2, 0.25) is 0 Å². The van der Waals surface area contributed by atoms with Crippen molar-refractivity contribution in [2.24, 2.45) is 0 Å². The Balaban J connectivity index is 1.69. The average molecular weight is 513 g/mol. The lowest BCUT2D eigenvalue weighted by Crippen LogP contribution is -2.38. The summed E-state index contributed by atoms with van der Waals surface area (Å²) in [5.74, 6) is 1.85. The minimum Gasteiger partial charge on any atom is -0.497 e. The first-order chi connectivity index (χ1) is 18.5. The molecule has 7 heteroatoms. The lowest BCUT2D eigenvalue weighted by molar-refractivity contribution is -0.119. The molecule has 1 aliphatic heterocycles. The van der Waals surface area contributed by atoms with Crippen molar-refractivity contribution in [1.29, 1.82) is 0 Å². The second-order valence-corrected chi connectivity index (χ2v) is 9.47. The Bertz CT molecular complexity index is 1400. The molecule has 0 saturated carbocycles. The quantitative estimate of drug-likeness (QED) is 0.435. The number of carbonyl (C=O) groups is 2. The van der Waals surface area contributed by atoms with Gasteiger partial charge in [-0.05, 0) is 59.9 Å². The second kappa shape index (κ2) is 10.6. The molecule has 38 heavy (non-hydrogen) atoms. The van der Waals surface area contributed by atoms with Crippen molar-refractivity contribution in [2.45, 2.75) is 38.1 Å². The molecule has 0 radical (unpaired) electrons. The van der Waals surface area contributed by atoms with Crippen LogP contribution >= 0.6 is 0 Å². The van der Waals surface area contributed by atoms with E-state index in [-0.39, 0.29) is 17.6 Å². The van der Waals surface area contributed by atoms with Crippen LogP contribution in [-0.2, 0) is 9.59 Å². The van der Waals surface area contributed by atoms with E-state index >= 15 is 0 Å². The zero-order valence-electron chi connectivity index (χ0n) is 22.1. The van der Waals surface area contributed by atoms with E-state index in [4.69, 9.17) is 14.2 Å². The molecule has 1 amide bonds. The number of hydrogen-bond acceptors (Lipinski definition) is 6. The molecule has 1 heterocycles. The van der Waals surface area contributed by atoms with Crippen molar-refractivity contribution in [3.63, 3.8) is 0 Å². The predicted octanol–water partition coefficient (Wildman–Crippen LogP) is 6.02. The Kier molecular flexibility index (Phi) is 7.09. The number of ether oxygens (including phenoxy) is 3. The van der Waals surface area contributed by atoms with E-state index in [0.717, 1.165) is 33.9 Å². The van der Waals surface area contributed by atoms with E-state index in [0.29, 0.717) is 36.3 Å². The summed E-state index contributed by atoms with van der Waals surface area (Å²) < 4.78 is 16.4. The number of hydrogen-bond donors (Lipinski definition) is 1. The fraction of sp³-hybridized carbons (Fsp3) is 0.290. The van der Waals surface area contributed by atoms with Crippen molar-refractivity contribution in [3.8, 4) is 17.2 Å². The Morgan fingerprint density at radius 2 is 1.61 bits per heavy atom. The summed E-state index contributed by atoms with van der Waals surface area (Å²) in [7, 11) is 4.80. The van der Waals surface area contributed by atoms with Gasteiger partial charge in [0.25, 0.3) is 0 Å². The summed E-state index contributed by atoms with van der Waals surface area (Å²) in [5.41, 5.74) is 4.84. The molecule has 0 spiro atoms. The summed E-state index contributed by atoms with van der Waals surface area (Å²) in [6, 6.07) is 20.6. The molecule has 3 aromatic carbocycles. The molecule has 196 valence electrons. The minimum absolute atomic E-state index is 0.00583. The zero-order valence-corrected chi connectivity index (χ0v) is 22.1. The molecule has 0 bridgehead atoms. The van der Waals surface area contributed by atoms with Gasteiger partial charge in [-0.2, -0.15) is 0 Å². The molecule has 2 atom stereocenters. The lowest BCUT2D eigenvalue weighted by Gasteiger charge is -2.35. The van der Waals surface area contributed by atoms with Crippen LogP contribution in [0.1, 0.15) is 49.3 Å². The minimum atomic E-state index is -0.613. The summed E-state index contributed by atoms with van der Waals surface area (Å²) in [6.45, 7) is 1.84.